The molecule has 1 aromatic heterocycles. The van der Waals surface area contributed by atoms with E-state index in [0.717, 1.165) is 50.3 Å². The molecule has 0 spiro atoms. The van der Waals surface area contributed by atoms with Gasteiger partial charge in [-0.3, -0.25) is 14.5 Å². The van der Waals surface area contributed by atoms with Crippen LogP contribution >= 0.6 is 0 Å². The minimum Gasteiger partial charge on any atom is -0.368 e. The molecule has 1 saturated heterocycles. The average Bonchev–Trinajstić information content (AvgIpc) is 3.28. The standard InChI is InChI=1S/C27H31N5O2/c1-29(24(33)20-21-10-4-2-5-11-21)26-25(32-15-9-8-14-23(32)28-26)27(34)31-18-16-30(17-19-31)22-12-6-3-7-13-22/h2-7,10-13H,8-9,14-20H2,1H3. The summed E-state index contributed by atoms with van der Waals surface area (Å²) >= 11 is 0. The summed E-state index contributed by atoms with van der Waals surface area (Å²) < 4.78 is 2.05. The number of fused-ring (bicyclic) bond motifs is 1. The zero-order valence-electron chi connectivity index (χ0n) is 19.7. The Hall–Kier alpha value is -3.61. The molecule has 2 aromatic carbocycles. The normalized spacial score (nSPS) is 15.7. The lowest BCUT2D eigenvalue weighted by atomic mass is 10.1. The van der Waals surface area contributed by atoms with Gasteiger partial charge in [-0.15, -0.1) is 0 Å². The number of rotatable bonds is 5. The van der Waals surface area contributed by atoms with Crippen molar-refractivity contribution in [3.63, 3.8) is 0 Å². The summed E-state index contributed by atoms with van der Waals surface area (Å²) in [5.41, 5.74) is 2.70. The van der Waals surface area contributed by atoms with Crippen LogP contribution in [-0.2, 0) is 24.2 Å². The number of hydrogen-bond donors (Lipinski definition) is 0. The molecule has 1 fully saturated rings. The molecule has 3 aromatic rings. The van der Waals surface area contributed by atoms with Crippen LogP contribution in [0.2, 0.25) is 0 Å². The highest BCUT2D eigenvalue weighted by molar-refractivity contribution is 6.03. The molecule has 0 saturated carbocycles. The van der Waals surface area contributed by atoms with Crippen LogP contribution in [0.25, 0.3) is 0 Å². The molecule has 7 nitrogen and oxygen atoms in total. The smallest absolute Gasteiger partial charge is 0.274 e. The number of carbonyl (C=O) groups excluding carboxylic acids is 2. The molecule has 0 atom stereocenters. The Morgan fingerprint density at radius 3 is 2.26 bits per heavy atom. The first kappa shape index (κ1) is 22.2. The molecule has 0 aliphatic carbocycles. The van der Waals surface area contributed by atoms with Gasteiger partial charge in [0.25, 0.3) is 5.91 Å². The van der Waals surface area contributed by atoms with Crippen LogP contribution in [0.5, 0.6) is 0 Å². The number of piperazine rings is 1. The van der Waals surface area contributed by atoms with E-state index in [0.29, 0.717) is 24.6 Å². The molecule has 2 amide bonds. The molecule has 0 unspecified atom stereocenters. The fourth-order valence-corrected chi connectivity index (χ4v) is 4.88. The average molecular weight is 458 g/mol. The third-order valence-corrected chi connectivity index (χ3v) is 6.84. The lowest BCUT2D eigenvalue weighted by molar-refractivity contribution is -0.117. The van der Waals surface area contributed by atoms with E-state index in [1.54, 1.807) is 11.9 Å². The maximum atomic E-state index is 13.8. The van der Waals surface area contributed by atoms with Gasteiger partial charge in [0.1, 0.15) is 5.82 Å². The first-order chi connectivity index (χ1) is 16.6. The van der Waals surface area contributed by atoms with Crippen molar-refractivity contribution in [2.75, 3.05) is 43.0 Å². The van der Waals surface area contributed by atoms with Crippen molar-refractivity contribution in [3.05, 3.63) is 77.7 Å². The molecule has 2 aliphatic heterocycles. The van der Waals surface area contributed by atoms with Gasteiger partial charge in [0, 0.05) is 51.9 Å². The Balaban J connectivity index is 1.37. The van der Waals surface area contributed by atoms with Gasteiger partial charge >= 0.3 is 0 Å². The third kappa shape index (κ3) is 4.42. The summed E-state index contributed by atoms with van der Waals surface area (Å²) in [4.78, 5) is 37.5. The molecule has 0 N–H and O–H groups in total. The van der Waals surface area contributed by atoms with E-state index >= 15 is 0 Å². The lowest BCUT2D eigenvalue weighted by Crippen LogP contribution is -2.49. The fourth-order valence-electron chi connectivity index (χ4n) is 4.88. The maximum absolute atomic E-state index is 13.8. The van der Waals surface area contributed by atoms with Crippen molar-refractivity contribution in [2.45, 2.75) is 32.2 Å². The Bertz CT molecular complexity index is 1150. The second-order valence-electron chi connectivity index (χ2n) is 9.04. The first-order valence-corrected chi connectivity index (χ1v) is 12.1. The number of likely N-dealkylation sites (N-methyl/N-ethyl adjacent to an activating group) is 1. The number of hydrogen-bond acceptors (Lipinski definition) is 4. The Labute approximate surface area is 200 Å². The predicted octanol–water partition coefficient (Wildman–Crippen LogP) is 3.39. The summed E-state index contributed by atoms with van der Waals surface area (Å²) in [5.74, 6) is 1.31. The largest absolute Gasteiger partial charge is 0.368 e. The van der Waals surface area contributed by atoms with Crippen molar-refractivity contribution < 1.29 is 9.59 Å². The van der Waals surface area contributed by atoms with Crippen molar-refractivity contribution >= 4 is 23.3 Å². The second-order valence-corrected chi connectivity index (χ2v) is 9.04. The van der Waals surface area contributed by atoms with Crippen molar-refractivity contribution in [2.24, 2.45) is 0 Å². The van der Waals surface area contributed by atoms with Gasteiger partial charge in [0.05, 0.1) is 6.42 Å². The van der Waals surface area contributed by atoms with Gasteiger partial charge in [-0.05, 0) is 30.5 Å². The molecule has 2 aliphatic rings. The molecule has 5 rings (SSSR count). The number of carbonyl (C=O) groups is 2. The predicted molar refractivity (Wildman–Crippen MR) is 133 cm³/mol. The Morgan fingerprint density at radius 2 is 1.56 bits per heavy atom. The quantitative estimate of drug-likeness (QED) is 0.589. The van der Waals surface area contributed by atoms with Crippen molar-refractivity contribution in [1.82, 2.24) is 14.5 Å². The molecular formula is C27H31N5O2. The highest BCUT2D eigenvalue weighted by Gasteiger charge is 2.32. The molecule has 34 heavy (non-hydrogen) atoms. The molecular weight excluding hydrogens is 426 g/mol. The summed E-state index contributed by atoms with van der Waals surface area (Å²) in [7, 11) is 1.74. The van der Waals surface area contributed by atoms with Crippen molar-refractivity contribution in [1.29, 1.82) is 0 Å². The number of aryl methyl sites for hydroxylation is 1. The van der Waals surface area contributed by atoms with E-state index in [-0.39, 0.29) is 18.2 Å². The number of imidazole rings is 1. The monoisotopic (exact) mass is 457 g/mol. The zero-order valence-corrected chi connectivity index (χ0v) is 19.7. The molecule has 0 bridgehead atoms. The minimum absolute atomic E-state index is 0.0253. The summed E-state index contributed by atoms with van der Waals surface area (Å²) in [6.07, 6.45) is 3.19. The SMILES string of the molecule is CN(C(=O)Cc1ccccc1)c1nc2n(c1C(=O)N1CCN(c3ccccc3)CC1)CCCC2. The van der Waals surface area contributed by atoms with Crippen LogP contribution in [0.3, 0.4) is 0 Å². The van der Waals surface area contributed by atoms with Crippen LogP contribution in [0, 0.1) is 0 Å². The van der Waals surface area contributed by atoms with E-state index in [4.69, 9.17) is 4.98 Å². The Morgan fingerprint density at radius 1 is 0.882 bits per heavy atom. The maximum Gasteiger partial charge on any atom is 0.274 e. The van der Waals surface area contributed by atoms with E-state index in [1.165, 1.54) is 5.69 Å². The molecule has 176 valence electrons. The van der Waals surface area contributed by atoms with Gasteiger partial charge in [-0.25, -0.2) is 4.98 Å². The van der Waals surface area contributed by atoms with E-state index in [1.807, 2.05) is 53.4 Å². The summed E-state index contributed by atoms with van der Waals surface area (Å²) in [5, 5.41) is 0. The molecule has 3 heterocycles. The van der Waals surface area contributed by atoms with Gasteiger partial charge in [0.15, 0.2) is 11.5 Å². The second kappa shape index (κ2) is 9.71. The van der Waals surface area contributed by atoms with Gasteiger partial charge in [-0.1, -0.05) is 48.5 Å². The van der Waals surface area contributed by atoms with Crippen molar-refractivity contribution in [3.8, 4) is 0 Å². The number of benzene rings is 2. The van der Waals surface area contributed by atoms with Gasteiger partial charge in [-0.2, -0.15) is 0 Å². The van der Waals surface area contributed by atoms with Crippen LogP contribution < -0.4 is 9.80 Å². The summed E-state index contributed by atoms with van der Waals surface area (Å²) in [6, 6.07) is 20.0. The Kier molecular flexibility index (Phi) is 6.34. The minimum atomic E-state index is -0.0652. The number of amides is 2. The zero-order chi connectivity index (χ0) is 23.5. The topological polar surface area (TPSA) is 61.7 Å². The van der Waals surface area contributed by atoms with Crippen LogP contribution in [0.15, 0.2) is 60.7 Å². The molecule has 0 radical (unpaired) electrons. The highest BCUT2D eigenvalue weighted by Crippen LogP contribution is 2.28. The fraction of sp³-hybridized carbons (Fsp3) is 0.370. The number of para-hydroxylation sites is 1. The van der Waals surface area contributed by atoms with Crippen LogP contribution in [-0.4, -0.2) is 59.5 Å². The molecule has 7 heteroatoms. The third-order valence-electron chi connectivity index (χ3n) is 6.84. The van der Waals surface area contributed by atoms with Crippen LogP contribution in [0.4, 0.5) is 11.5 Å². The van der Waals surface area contributed by atoms with E-state index in [9.17, 15) is 9.59 Å². The number of anilines is 2. The highest BCUT2D eigenvalue weighted by atomic mass is 16.2. The van der Waals surface area contributed by atoms with Gasteiger partial charge in [0.2, 0.25) is 5.91 Å². The van der Waals surface area contributed by atoms with Gasteiger partial charge < -0.3 is 14.4 Å². The van der Waals surface area contributed by atoms with E-state index < -0.39 is 0 Å². The first-order valence-electron chi connectivity index (χ1n) is 12.1. The van der Waals surface area contributed by atoms with E-state index in [2.05, 4.69) is 21.6 Å². The number of nitrogens with zero attached hydrogens (tertiary/aromatic N) is 5. The van der Waals surface area contributed by atoms with Crippen LogP contribution in [0.1, 0.15) is 34.7 Å². The number of aromatic nitrogens is 2. The summed E-state index contributed by atoms with van der Waals surface area (Å²) in [6.45, 7) is 3.64. The lowest BCUT2D eigenvalue weighted by Gasteiger charge is -2.36.